The molecule has 10 atom stereocenters. The number of carbonyl (C=O) groups is 6. The predicted molar refractivity (Wildman–Crippen MR) is 223 cm³/mol. The highest BCUT2D eigenvalue weighted by Crippen LogP contribution is 2.31. The largest absolute Gasteiger partial charge is 0.481 e. The van der Waals surface area contributed by atoms with Gasteiger partial charge in [0, 0.05) is 47.2 Å². The average molecular weight is 816 g/mol. The number of carboxylic acid groups (broad SMARTS) is 1. The minimum absolute atomic E-state index is 0.0464. The van der Waals surface area contributed by atoms with Gasteiger partial charge in [-0.25, -0.2) is 0 Å². The van der Waals surface area contributed by atoms with Crippen molar-refractivity contribution in [3.05, 3.63) is 35.9 Å². The smallest absolute Gasteiger partial charge is 0.307 e. The van der Waals surface area contributed by atoms with Gasteiger partial charge in [0.25, 0.3) is 0 Å². The number of ketones is 1. The number of hydrogen-bond acceptors (Lipinski definition) is 9. The Morgan fingerprint density at radius 3 is 2.00 bits per heavy atom. The molecule has 14 nitrogen and oxygen atoms in total. The number of nitrogens with zero attached hydrogens (tertiary/aromatic N) is 3. The molecule has 4 N–H and O–H groups in total. The Kier molecular flexibility index (Phi) is 20.5. The Morgan fingerprint density at radius 2 is 1.50 bits per heavy atom. The molecular formula is C44H73N5O9. The van der Waals surface area contributed by atoms with Gasteiger partial charge < -0.3 is 40.3 Å². The van der Waals surface area contributed by atoms with Crippen LogP contribution in [0.1, 0.15) is 99.5 Å². The molecule has 1 aliphatic heterocycles. The standard InChI is InChI=1S/C44H73N5O9/c1-13-28(7)39(48(10)43(54)37(26(3)4)46-41(52)38(27(5)6)47(9)42(53)32(45)14-2)35(57-11)25-36(51)49-22-18-21-33(49)40(58-12)29(8)34(50)24-31(44(55)56)23-30-19-16-15-17-20-30/h15-17,19-20,26-29,31-33,35,37-40H,13-14,18,21-25,45H2,1-12H3,(H,46,52)(H,55,56)/t28-,29-,31+,32+,33-,35+,37-,38-,39-,40+/m0/s1. The third-order valence-corrected chi connectivity index (χ3v) is 12.1. The fourth-order valence-corrected chi connectivity index (χ4v) is 8.39. The van der Waals surface area contributed by atoms with Crippen LogP contribution in [0.15, 0.2) is 30.3 Å². The highest BCUT2D eigenvalue weighted by Gasteiger charge is 2.44. The lowest BCUT2D eigenvalue weighted by Gasteiger charge is -2.41. The number of aliphatic carboxylic acids is 1. The second-order valence-electron chi connectivity index (χ2n) is 16.9. The van der Waals surface area contributed by atoms with Gasteiger partial charge in [0.15, 0.2) is 0 Å². The van der Waals surface area contributed by atoms with Gasteiger partial charge in [0.1, 0.15) is 17.9 Å². The van der Waals surface area contributed by atoms with Gasteiger partial charge in [-0.2, -0.15) is 0 Å². The molecule has 1 heterocycles. The Morgan fingerprint density at radius 1 is 0.879 bits per heavy atom. The first-order valence-corrected chi connectivity index (χ1v) is 21.0. The molecule has 1 aliphatic rings. The van der Waals surface area contributed by atoms with Crippen molar-refractivity contribution < 1.29 is 43.3 Å². The van der Waals surface area contributed by atoms with E-state index in [-0.39, 0.29) is 60.5 Å². The molecule has 0 spiro atoms. The first-order valence-electron chi connectivity index (χ1n) is 21.0. The van der Waals surface area contributed by atoms with Crippen molar-refractivity contribution in [3.63, 3.8) is 0 Å². The van der Waals surface area contributed by atoms with E-state index in [1.807, 2.05) is 71.9 Å². The summed E-state index contributed by atoms with van der Waals surface area (Å²) in [6.07, 6.45) is 1.06. The Balaban J connectivity index is 2.30. The molecule has 0 unspecified atom stereocenters. The highest BCUT2D eigenvalue weighted by atomic mass is 16.5. The number of hydrogen-bond donors (Lipinski definition) is 3. The van der Waals surface area contributed by atoms with Crippen LogP contribution in [0.5, 0.6) is 0 Å². The number of likely N-dealkylation sites (N-methyl/N-ethyl adjacent to an activating group) is 2. The quantitative estimate of drug-likeness (QED) is 0.137. The van der Waals surface area contributed by atoms with Crippen LogP contribution >= 0.6 is 0 Å². The molecular weight excluding hydrogens is 743 g/mol. The zero-order chi connectivity index (χ0) is 44.0. The van der Waals surface area contributed by atoms with Crippen molar-refractivity contribution in [1.82, 2.24) is 20.0 Å². The van der Waals surface area contributed by atoms with Crippen molar-refractivity contribution in [2.24, 2.45) is 35.3 Å². The van der Waals surface area contributed by atoms with E-state index in [0.717, 1.165) is 5.56 Å². The summed E-state index contributed by atoms with van der Waals surface area (Å²) >= 11 is 0. The van der Waals surface area contributed by atoms with Crippen molar-refractivity contribution >= 4 is 35.4 Å². The number of benzene rings is 1. The van der Waals surface area contributed by atoms with Gasteiger partial charge >= 0.3 is 5.97 Å². The van der Waals surface area contributed by atoms with Crippen LogP contribution in [0.25, 0.3) is 0 Å². The molecule has 1 aromatic rings. The summed E-state index contributed by atoms with van der Waals surface area (Å²) in [5.74, 6) is -4.88. The van der Waals surface area contributed by atoms with E-state index < -0.39 is 66.1 Å². The van der Waals surface area contributed by atoms with E-state index in [1.54, 1.807) is 37.7 Å². The number of likely N-dealkylation sites (tertiary alicyclic amines) is 1. The zero-order valence-corrected chi connectivity index (χ0v) is 37.1. The Bertz CT molecular complexity index is 1510. The van der Waals surface area contributed by atoms with Gasteiger partial charge in [-0.15, -0.1) is 0 Å². The summed E-state index contributed by atoms with van der Waals surface area (Å²) in [4.78, 5) is 86.0. The molecule has 1 aromatic carbocycles. The van der Waals surface area contributed by atoms with Crippen molar-refractivity contribution in [2.45, 2.75) is 143 Å². The maximum absolute atomic E-state index is 14.4. The fraction of sp³-hybridized carbons (Fsp3) is 0.727. The second-order valence-corrected chi connectivity index (χ2v) is 16.9. The van der Waals surface area contributed by atoms with Crippen molar-refractivity contribution in [1.29, 1.82) is 0 Å². The molecule has 1 saturated heterocycles. The first-order chi connectivity index (χ1) is 27.3. The summed E-state index contributed by atoms with van der Waals surface area (Å²) in [7, 11) is 6.25. The molecule has 2 rings (SSSR count). The second kappa shape index (κ2) is 23.6. The first kappa shape index (κ1) is 50.3. The minimum Gasteiger partial charge on any atom is -0.481 e. The third-order valence-electron chi connectivity index (χ3n) is 12.1. The van der Waals surface area contributed by atoms with E-state index in [1.165, 1.54) is 19.1 Å². The summed E-state index contributed by atoms with van der Waals surface area (Å²) < 4.78 is 11.9. The van der Waals surface area contributed by atoms with Crippen molar-refractivity contribution in [2.75, 3.05) is 34.9 Å². The molecule has 0 radical (unpaired) electrons. The molecule has 14 heteroatoms. The molecule has 1 fully saturated rings. The summed E-state index contributed by atoms with van der Waals surface area (Å²) in [6.45, 7) is 15.3. The number of methoxy groups -OCH3 is 2. The number of carboxylic acids is 1. The maximum atomic E-state index is 14.4. The number of nitrogens with one attached hydrogen (secondary N) is 1. The van der Waals surface area contributed by atoms with Crippen LogP contribution in [0.2, 0.25) is 0 Å². The molecule has 328 valence electrons. The lowest BCUT2D eigenvalue weighted by molar-refractivity contribution is -0.149. The van der Waals surface area contributed by atoms with Crippen LogP contribution in [0.3, 0.4) is 0 Å². The highest BCUT2D eigenvalue weighted by molar-refractivity contribution is 5.93. The maximum Gasteiger partial charge on any atom is 0.307 e. The zero-order valence-electron chi connectivity index (χ0n) is 37.1. The van der Waals surface area contributed by atoms with Crippen LogP contribution in [0.4, 0.5) is 0 Å². The lowest BCUT2D eigenvalue weighted by atomic mass is 9.85. The summed E-state index contributed by atoms with van der Waals surface area (Å²) in [5.41, 5.74) is 6.86. The SMILES string of the molecule is CC[C@@H](N)C(=O)N(C)[C@H](C(=O)N[C@H](C(=O)N(C)[C@@H]([C@@H](C)CC)[C@@H](CC(=O)N1CCC[C@H]1[C@H](OC)[C@@H](C)C(=O)C[C@@H](Cc1ccccc1)C(=O)O)OC)C(C)C)C(C)C. The lowest BCUT2D eigenvalue weighted by Crippen LogP contribution is -2.61. The van der Waals surface area contributed by atoms with E-state index in [9.17, 15) is 33.9 Å². The van der Waals surface area contributed by atoms with Gasteiger partial charge in [-0.1, -0.05) is 92.1 Å². The number of nitrogens with two attached hydrogens (primary N) is 1. The Hall–Kier alpha value is -3.88. The number of amides is 4. The monoisotopic (exact) mass is 816 g/mol. The van der Waals surface area contributed by atoms with Crippen LogP contribution < -0.4 is 11.1 Å². The molecule has 0 saturated carbocycles. The number of carbonyl (C=O) groups excluding carboxylic acids is 5. The van der Waals surface area contributed by atoms with Gasteiger partial charge in [-0.3, -0.25) is 28.8 Å². The van der Waals surface area contributed by atoms with Gasteiger partial charge in [0.05, 0.1) is 42.7 Å². The predicted octanol–water partition coefficient (Wildman–Crippen LogP) is 4.17. The van der Waals surface area contributed by atoms with Gasteiger partial charge in [-0.05, 0) is 49.0 Å². The summed E-state index contributed by atoms with van der Waals surface area (Å²) in [6, 6.07) is 5.71. The Labute approximate surface area is 346 Å². The molecule has 0 aromatic heterocycles. The van der Waals surface area contributed by atoms with E-state index in [2.05, 4.69) is 5.32 Å². The third kappa shape index (κ3) is 13.1. The topological polar surface area (TPSA) is 189 Å². The molecule has 0 bridgehead atoms. The normalized spacial score (nSPS) is 19.0. The van der Waals surface area contributed by atoms with Crippen molar-refractivity contribution in [3.8, 4) is 0 Å². The van der Waals surface area contributed by atoms with E-state index in [0.29, 0.717) is 32.2 Å². The summed E-state index contributed by atoms with van der Waals surface area (Å²) in [5, 5.41) is 12.9. The number of rotatable bonds is 24. The van der Waals surface area contributed by atoms with Gasteiger partial charge in [0.2, 0.25) is 23.6 Å². The van der Waals surface area contributed by atoms with E-state index in [4.69, 9.17) is 15.2 Å². The van der Waals surface area contributed by atoms with Crippen LogP contribution in [-0.4, -0.2) is 132 Å². The number of Topliss-reactive ketones (excluding diaryl/α,β-unsaturated/α-hetero) is 1. The molecule has 0 aliphatic carbocycles. The minimum atomic E-state index is -1.04. The fourth-order valence-electron chi connectivity index (χ4n) is 8.39. The molecule has 4 amide bonds. The molecule has 58 heavy (non-hydrogen) atoms. The van der Waals surface area contributed by atoms with E-state index >= 15 is 0 Å². The van der Waals surface area contributed by atoms with Crippen LogP contribution in [0, 0.1) is 29.6 Å². The van der Waals surface area contributed by atoms with Crippen LogP contribution in [-0.2, 0) is 44.7 Å². The number of ether oxygens (including phenoxy) is 2. The average Bonchev–Trinajstić information content (AvgIpc) is 3.68.